The van der Waals surface area contributed by atoms with Gasteiger partial charge in [-0.1, -0.05) is 11.2 Å². The zero-order chi connectivity index (χ0) is 23.0. The lowest BCUT2D eigenvalue weighted by molar-refractivity contribution is -0.152. The Kier molecular flexibility index (Phi) is 8.90. The minimum Gasteiger partial charge on any atom is -0.464 e. The summed E-state index contributed by atoms with van der Waals surface area (Å²) < 4.78 is 5.36. The molecule has 172 valence electrons. The Morgan fingerprint density at radius 2 is 2.00 bits per heavy atom. The number of nitrogens with two attached hydrogens (primary N) is 1. The summed E-state index contributed by atoms with van der Waals surface area (Å²) in [5, 5.41) is 7.74. The van der Waals surface area contributed by atoms with Crippen molar-refractivity contribution in [2.24, 2.45) is 10.8 Å². The number of rotatable bonds is 10. The number of piperidine rings is 1. The number of esters is 1. The summed E-state index contributed by atoms with van der Waals surface area (Å²) in [6.07, 6.45) is 5.23. The van der Waals surface area contributed by atoms with Crippen LogP contribution in [0.1, 0.15) is 46.6 Å². The van der Waals surface area contributed by atoms with Crippen LogP contribution in [0.5, 0.6) is 0 Å². The number of aryl methyl sites for hydroxylation is 2. The second kappa shape index (κ2) is 11.6. The molecule has 0 aromatic carbocycles. The molecule has 3 heterocycles. The van der Waals surface area contributed by atoms with E-state index in [1.165, 1.54) is 26.5 Å². The summed E-state index contributed by atoms with van der Waals surface area (Å²) in [6, 6.07) is 4.34. The van der Waals surface area contributed by atoms with Gasteiger partial charge < -0.3 is 15.4 Å². The number of azide groups is 1. The normalized spacial score (nSPS) is 18.7. The zero-order valence-corrected chi connectivity index (χ0v) is 20.4. The third-order valence-corrected chi connectivity index (χ3v) is 7.82. The molecule has 2 aromatic heterocycles. The molecule has 7 nitrogen and oxygen atoms in total. The van der Waals surface area contributed by atoms with Gasteiger partial charge >= 0.3 is 5.97 Å². The summed E-state index contributed by atoms with van der Waals surface area (Å²) in [5.41, 5.74) is 17.7. The number of likely N-dealkylation sites (tertiary alicyclic amines) is 1. The van der Waals surface area contributed by atoms with Crippen LogP contribution in [-0.4, -0.2) is 49.2 Å². The summed E-state index contributed by atoms with van der Waals surface area (Å²) in [6.45, 7) is 7.15. The van der Waals surface area contributed by atoms with E-state index in [9.17, 15) is 4.79 Å². The second-order valence-corrected chi connectivity index (χ2v) is 10.1. The number of carbonyl (C=O) groups excluding carboxylic acids is 1. The van der Waals surface area contributed by atoms with E-state index in [0.717, 1.165) is 25.9 Å². The molecule has 9 heteroatoms. The van der Waals surface area contributed by atoms with Crippen LogP contribution in [0.3, 0.4) is 0 Å². The summed E-state index contributed by atoms with van der Waals surface area (Å²) in [5.74, 6) is -0.359. The van der Waals surface area contributed by atoms with Gasteiger partial charge in [0.05, 0.1) is 6.61 Å². The average molecular weight is 474 g/mol. The van der Waals surface area contributed by atoms with Crippen molar-refractivity contribution >= 4 is 34.2 Å². The van der Waals surface area contributed by atoms with E-state index in [-0.39, 0.29) is 12.6 Å². The third kappa shape index (κ3) is 6.21. The highest BCUT2D eigenvalue weighted by Gasteiger charge is 2.39. The molecule has 0 aliphatic carbocycles. The van der Waals surface area contributed by atoms with Crippen molar-refractivity contribution in [3.63, 3.8) is 0 Å². The van der Waals surface area contributed by atoms with Crippen molar-refractivity contribution in [3.05, 3.63) is 60.3 Å². The van der Waals surface area contributed by atoms with Crippen LogP contribution in [0.15, 0.2) is 34.1 Å². The van der Waals surface area contributed by atoms with Gasteiger partial charge in [-0.25, -0.2) is 0 Å². The first-order valence-corrected chi connectivity index (χ1v) is 12.7. The summed E-state index contributed by atoms with van der Waals surface area (Å²) in [7, 11) is 0. The predicted octanol–water partition coefficient (Wildman–Crippen LogP) is 5.29. The van der Waals surface area contributed by atoms with Gasteiger partial charge in [-0.15, -0.1) is 22.7 Å². The van der Waals surface area contributed by atoms with Crippen molar-refractivity contribution in [1.29, 1.82) is 0 Å². The van der Waals surface area contributed by atoms with Crippen molar-refractivity contribution < 1.29 is 9.53 Å². The van der Waals surface area contributed by atoms with Crippen molar-refractivity contribution in [2.75, 3.05) is 32.8 Å². The molecule has 1 aliphatic heterocycles. The van der Waals surface area contributed by atoms with Gasteiger partial charge in [0.2, 0.25) is 0 Å². The molecule has 1 aliphatic rings. The first-order chi connectivity index (χ1) is 15.4. The fraction of sp³-hybridized carbons (Fsp3) is 0.522. The fourth-order valence-electron chi connectivity index (χ4n) is 4.00. The van der Waals surface area contributed by atoms with Crippen molar-refractivity contribution in [3.8, 4) is 0 Å². The van der Waals surface area contributed by atoms with Crippen molar-refractivity contribution in [2.45, 2.75) is 45.1 Å². The molecule has 0 amide bonds. The lowest BCUT2D eigenvalue weighted by Crippen LogP contribution is -2.60. The van der Waals surface area contributed by atoms with E-state index in [1.54, 1.807) is 22.7 Å². The Balaban J connectivity index is 1.61. The van der Waals surface area contributed by atoms with Crippen LogP contribution < -0.4 is 5.73 Å². The highest BCUT2D eigenvalue weighted by atomic mass is 32.1. The molecule has 32 heavy (non-hydrogen) atoms. The summed E-state index contributed by atoms with van der Waals surface area (Å²) in [4.78, 5) is 20.2. The molecular weight excluding hydrogens is 442 g/mol. The fourth-order valence-corrected chi connectivity index (χ4v) is 6.01. The Morgan fingerprint density at radius 3 is 2.59 bits per heavy atom. The van der Waals surface area contributed by atoms with Gasteiger partial charge in [-0.3, -0.25) is 4.79 Å². The number of carbonyl (C=O) groups is 1. The lowest BCUT2D eigenvalue weighted by Gasteiger charge is -2.38. The van der Waals surface area contributed by atoms with Gasteiger partial charge in [0.1, 0.15) is 5.54 Å². The minimum absolute atomic E-state index is 0.225. The van der Waals surface area contributed by atoms with Gasteiger partial charge in [0.15, 0.2) is 0 Å². The maximum Gasteiger partial charge on any atom is 0.327 e. The summed E-state index contributed by atoms with van der Waals surface area (Å²) >= 11 is 3.57. The molecule has 0 radical (unpaired) electrons. The third-order valence-electron chi connectivity index (χ3n) is 5.72. The molecule has 2 aromatic rings. The van der Waals surface area contributed by atoms with E-state index >= 15 is 0 Å². The Labute approximate surface area is 197 Å². The van der Waals surface area contributed by atoms with Crippen LogP contribution >= 0.6 is 22.7 Å². The standard InChI is InChI=1S/C23H31N5O2S2/c1-17-7-14-31-20(17)19(21-18(2)8-15-32-21)6-3-11-28-12-4-9-23(24,16-28)22(29)30-13-5-10-26-27-25/h6-8,14-15H,3-5,9-13,16,24H2,1-2H3/t23-/m0/s1. The molecule has 1 fully saturated rings. The number of nitrogens with zero attached hydrogens (tertiary/aromatic N) is 4. The SMILES string of the molecule is Cc1ccsc1C(=CCCN1CCC[C@@](N)(C(=O)OCCCN=[N+]=[N-])C1)c1sccc1C. The molecule has 1 atom stereocenters. The first kappa shape index (κ1) is 24.5. The molecule has 0 unspecified atom stereocenters. The van der Waals surface area contributed by atoms with Crippen LogP contribution in [0.4, 0.5) is 0 Å². The number of thiophene rings is 2. The highest BCUT2D eigenvalue weighted by Crippen LogP contribution is 2.35. The van der Waals surface area contributed by atoms with Gasteiger partial charge in [-0.2, -0.15) is 0 Å². The zero-order valence-electron chi connectivity index (χ0n) is 18.7. The van der Waals surface area contributed by atoms with Crippen LogP contribution in [0.2, 0.25) is 0 Å². The number of hydrogen-bond donors (Lipinski definition) is 1. The lowest BCUT2D eigenvalue weighted by atomic mass is 9.90. The molecule has 0 saturated carbocycles. The highest BCUT2D eigenvalue weighted by molar-refractivity contribution is 7.14. The maximum atomic E-state index is 12.6. The molecule has 0 spiro atoms. The Bertz CT molecular complexity index is 950. The molecule has 2 N–H and O–H groups in total. The van der Waals surface area contributed by atoms with Crippen LogP contribution in [0.25, 0.3) is 16.0 Å². The predicted molar refractivity (Wildman–Crippen MR) is 132 cm³/mol. The largest absolute Gasteiger partial charge is 0.464 e. The molecular formula is C23H31N5O2S2. The smallest absolute Gasteiger partial charge is 0.327 e. The second-order valence-electron chi connectivity index (χ2n) is 8.25. The minimum atomic E-state index is -0.974. The van der Waals surface area contributed by atoms with Gasteiger partial charge in [0, 0.05) is 39.9 Å². The van der Waals surface area contributed by atoms with E-state index in [2.05, 4.69) is 57.7 Å². The Hall–Kier alpha value is -2.16. The van der Waals surface area contributed by atoms with Crippen LogP contribution in [0, 0.1) is 13.8 Å². The molecule has 3 rings (SSSR count). The van der Waals surface area contributed by atoms with E-state index in [0.29, 0.717) is 25.9 Å². The van der Waals surface area contributed by atoms with E-state index < -0.39 is 5.54 Å². The van der Waals surface area contributed by atoms with E-state index in [4.69, 9.17) is 16.0 Å². The van der Waals surface area contributed by atoms with Crippen molar-refractivity contribution in [1.82, 2.24) is 4.90 Å². The van der Waals surface area contributed by atoms with Crippen LogP contribution in [-0.2, 0) is 9.53 Å². The quantitative estimate of drug-likeness (QED) is 0.166. The molecule has 1 saturated heterocycles. The Morgan fingerprint density at radius 1 is 1.31 bits per heavy atom. The average Bonchev–Trinajstić information content (AvgIpc) is 3.39. The topological polar surface area (TPSA) is 104 Å². The molecule has 0 bridgehead atoms. The number of hydrogen-bond acceptors (Lipinski definition) is 7. The van der Waals surface area contributed by atoms with E-state index in [1.807, 2.05) is 0 Å². The maximum absolute atomic E-state index is 12.6. The monoisotopic (exact) mass is 473 g/mol. The van der Waals surface area contributed by atoms with Gasteiger partial charge in [-0.05, 0) is 85.6 Å². The number of ether oxygens (including phenoxy) is 1. The van der Waals surface area contributed by atoms with Gasteiger partial charge in [0.25, 0.3) is 0 Å². The first-order valence-electron chi connectivity index (χ1n) is 10.9.